The molecule has 0 radical (unpaired) electrons. The molecule has 2 aromatic carbocycles. The minimum Gasteiger partial charge on any atom is -1.00 e. The molecule has 3 aliphatic rings. The SMILES string of the molecule is C[N+]1(CCC(=O)Nc2cccc3c2C(=O)c2c(NC(=O)CC[N+]4(C)CCCC4)cccc2C3=O)CCCC1.[I-].[I-]. The summed E-state index contributed by atoms with van der Waals surface area (Å²) in [7, 11) is 4.35. The van der Waals surface area contributed by atoms with Gasteiger partial charge in [0.15, 0.2) is 11.6 Å². The average Bonchev–Trinajstić information content (AvgIpc) is 3.54. The molecule has 2 amide bonds. The largest absolute Gasteiger partial charge is 1.00 e. The first kappa shape index (κ1) is 32.6. The molecule has 2 fully saturated rings. The summed E-state index contributed by atoms with van der Waals surface area (Å²) in [6.07, 6.45) is 5.40. The predicted molar refractivity (Wildman–Crippen MR) is 146 cm³/mol. The summed E-state index contributed by atoms with van der Waals surface area (Å²) in [6.45, 7) is 5.78. The van der Waals surface area contributed by atoms with Crippen LogP contribution in [0.2, 0.25) is 0 Å². The summed E-state index contributed by atoms with van der Waals surface area (Å²) in [6, 6.07) is 9.95. The number of ketones is 2. The van der Waals surface area contributed by atoms with Gasteiger partial charge in [0.05, 0.1) is 88.7 Å². The molecule has 10 heteroatoms. The molecule has 2 saturated heterocycles. The van der Waals surface area contributed by atoms with E-state index >= 15 is 0 Å². The molecule has 2 aliphatic heterocycles. The van der Waals surface area contributed by atoms with Crippen molar-refractivity contribution in [3.8, 4) is 0 Å². The fraction of sp³-hybridized carbons (Fsp3) is 0.467. The molecule has 0 atom stereocenters. The number of hydrogen-bond acceptors (Lipinski definition) is 4. The summed E-state index contributed by atoms with van der Waals surface area (Å²) in [4.78, 5) is 53.0. The van der Waals surface area contributed by atoms with Gasteiger partial charge in [-0.05, 0) is 12.1 Å². The number of carbonyl (C=O) groups excluding carboxylic acids is 4. The summed E-state index contributed by atoms with van der Waals surface area (Å²) in [5, 5.41) is 5.80. The molecular formula is C30H38I2N4O4. The van der Waals surface area contributed by atoms with Crippen LogP contribution in [0.1, 0.15) is 70.4 Å². The van der Waals surface area contributed by atoms with Crippen LogP contribution in [-0.4, -0.2) is 85.7 Å². The molecule has 216 valence electrons. The Balaban J connectivity index is 0.00000220. The van der Waals surface area contributed by atoms with Gasteiger partial charge in [0.2, 0.25) is 11.8 Å². The Morgan fingerprint density at radius 3 is 1.40 bits per heavy atom. The summed E-state index contributed by atoms with van der Waals surface area (Å²) in [5.74, 6) is -0.989. The van der Waals surface area contributed by atoms with Crippen LogP contribution in [-0.2, 0) is 9.59 Å². The lowest BCUT2D eigenvalue weighted by molar-refractivity contribution is -0.897. The second kappa shape index (κ2) is 13.4. The maximum absolute atomic E-state index is 13.8. The van der Waals surface area contributed by atoms with Crippen LogP contribution in [0.25, 0.3) is 0 Å². The van der Waals surface area contributed by atoms with Crippen LogP contribution < -0.4 is 58.6 Å². The molecule has 8 nitrogen and oxygen atoms in total. The van der Waals surface area contributed by atoms with E-state index in [1.807, 2.05) is 0 Å². The minimum atomic E-state index is -0.363. The van der Waals surface area contributed by atoms with Crippen molar-refractivity contribution < 1.29 is 76.1 Å². The molecule has 2 N–H and O–H groups in total. The summed E-state index contributed by atoms with van der Waals surface area (Å²) >= 11 is 0. The first-order valence-corrected chi connectivity index (χ1v) is 13.8. The van der Waals surface area contributed by atoms with E-state index < -0.39 is 0 Å². The van der Waals surface area contributed by atoms with Gasteiger partial charge in [-0.15, -0.1) is 0 Å². The van der Waals surface area contributed by atoms with Gasteiger partial charge in [-0.2, -0.15) is 0 Å². The van der Waals surface area contributed by atoms with Crippen LogP contribution in [0.4, 0.5) is 11.4 Å². The first-order chi connectivity index (χ1) is 18.2. The highest BCUT2D eigenvalue weighted by atomic mass is 127. The van der Waals surface area contributed by atoms with Crippen LogP contribution >= 0.6 is 0 Å². The van der Waals surface area contributed by atoms with E-state index in [1.165, 1.54) is 25.7 Å². The van der Waals surface area contributed by atoms with E-state index in [4.69, 9.17) is 0 Å². The number of amides is 2. The molecule has 1 aliphatic carbocycles. The van der Waals surface area contributed by atoms with Crippen molar-refractivity contribution in [2.24, 2.45) is 0 Å². The normalized spacial score (nSPS) is 18.1. The molecule has 0 spiro atoms. The Hall–Kier alpha value is -1.90. The van der Waals surface area contributed by atoms with Crippen molar-refractivity contribution in [1.82, 2.24) is 0 Å². The van der Waals surface area contributed by atoms with Gasteiger partial charge in [-0.1, -0.05) is 24.3 Å². The monoisotopic (exact) mass is 772 g/mol. The van der Waals surface area contributed by atoms with Crippen LogP contribution in [0.5, 0.6) is 0 Å². The Kier molecular flexibility index (Phi) is 10.9. The predicted octanol–water partition coefficient (Wildman–Crippen LogP) is -2.39. The third kappa shape index (κ3) is 6.93. The van der Waals surface area contributed by atoms with E-state index in [9.17, 15) is 19.2 Å². The van der Waals surface area contributed by atoms with Gasteiger partial charge in [-0.25, -0.2) is 0 Å². The Labute approximate surface area is 270 Å². The number of nitrogens with zero attached hydrogens (tertiary/aromatic N) is 2. The second-order valence-electron chi connectivity index (χ2n) is 11.7. The van der Waals surface area contributed by atoms with Crippen molar-refractivity contribution in [3.63, 3.8) is 0 Å². The molecule has 5 rings (SSSR count). The second-order valence-corrected chi connectivity index (χ2v) is 11.7. The highest BCUT2D eigenvalue weighted by Crippen LogP contribution is 2.35. The number of carbonyl (C=O) groups is 4. The number of halogens is 2. The van der Waals surface area contributed by atoms with Crippen molar-refractivity contribution in [1.29, 1.82) is 0 Å². The Morgan fingerprint density at radius 1 is 0.650 bits per heavy atom. The first-order valence-electron chi connectivity index (χ1n) is 13.8. The highest BCUT2D eigenvalue weighted by Gasteiger charge is 2.35. The van der Waals surface area contributed by atoms with Crippen LogP contribution in [0.3, 0.4) is 0 Å². The fourth-order valence-corrected chi connectivity index (χ4v) is 6.26. The topological polar surface area (TPSA) is 92.3 Å². The number of likely N-dealkylation sites (tertiary alicyclic amines) is 2. The van der Waals surface area contributed by atoms with Crippen molar-refractivity contribution in [2.45, 2.75) is 38.5 Å². The van der Waals surface area contributed by atoms with Crippen LogP contribution in [0, 0.1) is 0 Å². The zero-order chi connectivity index (χ0) is 26.9. The molecule has 2 heterocycles. The van der Waals surface area contributed by atoms with Gasteiger partial charge >= 0.3 is 0 Å². The maximum Gasteiger partial charge on any atom is 0.230 e. The number of fused-ring (bicyclic) bond motifs is 2. The van der Waals surface area contributed by atoms with Crippen molar-refractivity contribution in [3.05, 3.63) is 58.7 Å². The van der Waals surface area contributed by atoms with Gasteiger partial charge in [0, 0.05) is 36.8 Å². The third-order valence-corrected chi connectivity index (χ3v) is 8.67. The number of nitrogens with one attached hydrogen (secondary N) is 2. The molecule has 0 bridgehead atoms. The van der Waals surface area contributed by atoms with Gasteiger partial charge in [-0.3, -0.25) is 19.2 Å². The fourth-order valence-electron chi connectivity index (χ4n) is 6.26. The average molecular weight is 772 g/mol. The zero-order valence-corrected chi connectivity index (χ0v) is 27.5. The number of rotatable bonds is 8. The number of quaternary nitrogens is 2. The van der Waals surface area contributed by atoms with E-state index in [0.717, 1.165) is 48.2 Å². The van der Waals surface area contributed by atoms with Gasteiger partial charge in [0.1, 0.15) is 0 Å². The molecule has 0 saturated carbocycles. The van der Waals surface area contributed by atoms with E-state index in [2.05, 4.69) is 24.7 Å². The lowest BCUT2D eigenvalue weighted by Crippen LogP contribution is -3.00. The minimum absolute atomic E-state index is 0. The van der Waals surface area contributed by atoms with Gasteiger partial charge < -0.3 is 67.6 Å². The quantitative estimate of drug-likeness (QED) is 0.198. The molecule has 40 heavy (non-hydrogen) atoms. The maximum atomic E-state index is 13.8. The Morgan fingerprint density at radius 2 is 1.02 bits per heavy atom. The Bertz CT molecular complexity index is 1210. The standard InChI is InChI=1S/C30H36N4O4.2HI/c1-33(15-3-4-16-33)19-13-25(35)31-23-11-7-9-21-27(23)30(38)28-22(29(21)37)10-8-12-24(28)32-26(36)14-20-34(2)17-5-6-18-34;;/h7-12H,3-6,13-20H2,1-2H3;2*1H. The molecule has 0 aromatic heterocycles. The van der Waals surface area contributed by atoms with Crippen molar-refractivity contribution >= 4 is 34.8 Å². The number of benzene rings is 2. The molecule has 2 aromatic rings. The highest BCUT2D eigenvalue weighted by molar-refractivity contribution is 6.32. The number of hydrogen-bond donors (Lipinski definition) is 2. The van der Waals surface area contributed by atoms with E-state index in [0.29, 0.717) is 24.2 Å². The third-order valence-electron chi connectivity index (χ3n) is 8.67. The summed E-state index contributed by atoms with van der Waals surface area (Å²) in [5.41, 5.74) is 1.61. The van der Waals surface area contributed by atoms with E-state index in [-0.39, 0.29) is 93.6 Å². The van der Waals surface area contributed by atoms with E-state index in [1.54, 1.807) is 36.4 Å². The van der Waals surface area contributed by atoms with Gasteiger partial charge in [0.25, 0.3) is 0 Å². The lowest BCUT2D eigenvalue weighted by Gasteiger charge is -2.29. The number of anilines is 2. The summed E-state index contributed by atoms with van der Waals surface area (Å²) < 4.78 is 1.76. The van der Waals surface area contributed by atoms with Crippen LogP contribution in [0.15, 0.2) is 36.4 Å². The zero-order valence-electron chi connectivity index (χ0n) is 23.2. The lowest BCUT2D eigenvalue weighted by atomic mass is 9.82. The smallest absolute Gasteiger partial charge is 0.230 e. The van der Waals surface area contributed by atoms with Crippen molar-refractivity contribution in [2.75, 3.05) is 64.0 Å². The molecular weight excluding hydrogens is 734 g/mol. The molecule has 0 unspecified atom stereocenters.